The summed E-state index contributed by atoms with van der Waals surface area (Å²) in [6.07, 6.45) is 4.40. The van der Waals surface area contributed by atoms with Crippen LogP contribution in [-0.2, 0) is 6.42 Å². The third kappa shape index (κ3) is 2.05. The van der Waals surface area contributed by atoms with Crippen LogP contribution in [0.25, 0.3) is 21.8 Å². The second kappa shape index (κ2) is 5.07. The van der Waals surface area contributed by atoms with Crippen molar-refractivity contribution in [3.05, 3.63) is 48.4 Å². The van der Waals surface area contributed by atoms with Crippen LogP contribution in [0.3, 0.4) is 0 Å². The van der Waals surface area contributed by atoms with E-state index in [0.717, 1.165) is 39.6 Å². The second-order valence-corrected chi connectivity index (χ2v) is 5.04. The molecule has 0 fully saturated rings. The van der Waals surface area contributed by atoms with Crippen molar-refractivity contribution < 1.29 is 0 Å². The van der Waals surface area contributed by atoms with Gasteiger partial charge in [-0.05, 0) is 30.7 Å². The van der Waals surface area contributed by atoms with Crippen LogP contribution in [0.1, 0.15) is 12.6 Å². The fourth-order valence-corrected chi connectivity index (χ4v) is 2.56. The first-order valence-electron chi connectivity index (χ1n) is 7.15. The molecule has 4 aromatic rings. The molecule has 6 nitrogen and oxygen atoms in total. The van der Waals surface area contributed by atoms with E-state index in [1.54, 1.807) is 12.4 Å². The molecule has 3 heterocycles. The van der Waals surface area contributed by atoms with Gasteiger partial charge in [-0.1, -0.05) is 13.0 Å². The van der Waals surface area contributed by atoms with E-state index in [4.69, 9.17) is 0 Å². The number of fused-ring (bicyclic) bond motifs is 2. The highest BCUT2D eigenvalue weighted by atomic mass is 15.2. The fourth-order valence-electron chi connectivity index (χ4n) is 2.56. The molecule has 1 aromatic carbocycles. The number of rotatable bonds is 3. The van der Waals surface area contributed by atoms with Crippen LogP contribution in [0.15, 0.2) is 42.7 Å². The van der Waals surface area contributed by atoms with Gasteiger partial charge in [-0.25, -0.2) is 0 Å². The maximum atomic E-state index is 4.35. The zero-order valence-electron chi connectivity index (χ0n) is 12.0. The summed E-state index contributed by atoms with van der Waals surface area (Å²) in [5.41, 5.74) is 3.69. The van der Waals surface area contributed by atoms with Gasteiger partial charge in [0.05, 0.1) is 17.4 Å². The lowest BCUT2D eigenvalue weighted by Gasteiger charge is -2.06. The van der Waals surface area contributed by atoms with Crippen LogP contribution >= 0.6 is 0 Å². The molecule has 3 aromatic heterocycles. The number of pyridine rings is 1. The highest BCUT2D eigenvalue weighted by Gasteiger charge is 2.08. The number of aromatic nitrogens is 5. The van der Waals surface area contributed by atoms with Gasteiger partial charge in [0, 0.05) is 22.7 Å². The van der Waals surface area contributed by atoms with Gasteiger partial charge in [-0.2, -0.15) is 15.3 Å². The number of benzene rings is 1. The second-order valence-electron chi connectivity index (χ2n) is 5.04. The van der Waals surface area contributed by atoms with Crippen LogP contribution in [0.2, 0.25) is 0 Å². The predicted molar refractivity (Wildman–Crippen MR) is 86.1 cm³/mol. The highest BCUT2D eigenvalue weighted by Crippen LogP contribution is 2.25. The van der Waals surface area contributed by atoms with Crippen LogP contribution in [-0.4, -0.2) is 25.4 Å². The molecule has 0 amide bonds. The number of hydrogen-bond donors (Lipinski definition) is 2. The van der Waals surface area contributed by atoms with Gasteiger partial charge >= 0.3 is 0 Å². The molecule has 0 bridgehead atoms. The molecule has 0 unspecified atom stereocenters. The van der Waals surface area contributed by atoms with Crippen molar-refractivity contribution in [1.82, 2.24) is 25.4 Å². The molecule has 0 aliphatic heterocycles. The Morgan fingerprint density at radius 3 is 3.09 bits per heavy atom. The molecular weight excluding hydrogens is 276 g/mol. The monoisotopic (exact) mass is 290 g/mol. The van der Waals surface area contributed by atoms with Crippen LogP contribution in [0.4, 0.5) is 11.5 Å². The Kier molecular flexibility index (Phi) is 2.93. The Balaban J connectivity index is 1.75. The van der Waals surface area contributed by atoms with Crippen molar-refractivity contribution in [3.8, 4) is 0 Å². The molecule has 0 saturated carbocycles. The topological polar surface area (TPSA) is 79.4 Å². The smallest absolute Gasteiger partial charge is 0.178 e. The summed E-state index contributed by atoms with van der Waals surface area (Å²) in [5.74, 6) is 0.715. The van der Waals surface area contributed by atoms with E-state index in [2.05, 4.69) is 43.7 Å². The predicted octanol–water partition coefficient (Wildman–Crippen LogP) is 3.21. The van der Waals surface area contributed by atoms with Gasteiger partial charge in [0.25, 0.3) is 0 Å². The zero-order chi connectivity index (χ0) is 14.9. The molecule has 0 atom stereocenters. The average molecular weight is 290 g/mol. The molecule has 22 heavy (non-hydrogen) atoms. The lowest BCUT2D eigenvalue weighted by atomic mass is 10.1. The number of nitrogens with one attached hydrogen (secondary N) is 2. The number of hydrogen-bond acceptors (Lipinski definition) is 5. The molecule has 0 spiro atoms. The van der Waals surface area contributed by atoms with Gasteiger partial charge < -0.3 is 5.32 Å². The summed E-state index contributed by atoms with van der Waals surface area (Å²) >= 11 is 0. The average Bonchev–Trinajstić information content (AvgIpc) is 2.97. The van der Waals surface area contributed by atoms with Crippen molar-refractivity contribution in [2.75, 3.05) is 5.32 Å². The standard InChI is InChI=1S/C16H14N6/c1-2-13-12-6-5-11(8-10(12)9-18-20-13)19-16-15-14(21-22-16)4-3-7-17-15/h3-9H,2H2,1H3,(H2,19,21,22). The van der Waals surface area contributed by atoms with Crippen molar-refractivity contribution in [2.45, 2.75) is 13.3 Å². The summed E-state index contributed by atoms with van der Waals surface area (Å²) < 4.78 is 0. The van der Waals surface area contributed by atoms with Crippen LogP contribution in [0.5, 0.6) is 0 Å². The van der Waals surface area contributed by atoms with E-state index in [1.807, 2.05) is 24.3 Å². The molecular formula is C16H14N6. The summed E-state index contributed by atoms with van der Waals surface area (Å²) in [7, 11) is 0. The number of H-pyrrole nitrogens is 1. The maximum absolute atomic E-state index is 4.35. The quantitative estimate of drug-likeness (QED) is 0.605. The lowest BCUT2D eigenvalue weighted by molar-refractivity contribution is 0.940. The van der Waals surface area contributed by atoms with Gasteiger partial charge in [0.2, 0.25) is 0 Å². The molecule has 2 N–H and O–H groups in total. The lowest BCUT2D eigenvalue weighted by Crippen LogP contribution is -1.95. The van der Waals surface area contributed by atoms with E-state index >= 15 is 0 Å². The first-order chi connectivity index (χ1) is 10.8. The Hall–Kier alpha value is -3.02. The van der Waals surface area contributed by atoms with Crippen molar-refractivity contribution in [2.24, 2.45) is 0 Å². The van der Waals surface area contributed by atoms with Gasteiger partial charge in [0.15, 0.2) is 5.82 Å². The zero-order valence-corrected chi connectivity index (χ0v) is 12.0. The summed E-state index contributed by atoms with van der Waals surface area (Å²) in [5, 5.41) is 21.0. The highest BCUT2D eigenvalue weighted by molar-refractivity contribution is 5.91. The molecule has 0 aliphatic rings. The largest absolute Gasteiger partial charge is 0.337 e. The molecule has 0 saturated heterocycles. The minimum absolute atomic E-state index is 0.715. The third-order valence-electron chi connectivity index (χ3n) is 3.66. The Morgan fingerprint density at radius 2 is 2.18 bits per heavy atom. The van der Waals surface area contributed by atoms with E-state index in [0.29, 0.717) is 5.82 Å². The van der Waals surface area contributed by atoms with Crippen molar-refractivity contribution in [3.63, 3.8) is 0 Å². The number of anilines is 2. The Morgan fingerprint density at radius 1 is 1.23 bits per heavy atom. The van der Waals surface area contributed by atoms with Gasteiger partial charge in [-0.15, -0.1) is 0 Å². The normalized spacial score (nSPS) is 11.1. The van der Waals surface area contributed by atoms with Crippen molar-refractivity contribution in [1.29, 1.82) is 0 Å². The Labute approximate surface area is 126 Å². The van der Waals surface area contributed by atoms with E-state index in [9.17, 15) is 0 Å². The van der Waals surface area contributed by atoms with Crippen LogP contribution in [0, 0.1) is 0 Å². The van der Waals surface area contributed by atoms with Crippen LogP contribution < -0.4 is 5.32 Å². The summed E-state index contributed by atoms with van der Waals surface area (Å²) in [6, 6.07) is 9.96. The molecule has 0 radical (unpaired) electrons. The van der Waals surface area contributed by atoms with E-state index in [-0.39, 0.29) is 0 Å². The SMILES string of the molecule is CCc1nncc2cc(Nc3n[nH]c4cccnc34)ccc12. The van der Waals surface area contributed by atoms with E-state index in [1.165, 1.54) is 0 Å². The van der Waals surface area contributed by atoms with Gasteiger partial charge in [0.1, 0.15) is 5.52 Å². The summed E-state index contributed by atoms with van der Waals surface area (Å²) in [4.78, 5) is 4.35. The maximum Gasteiger partial charge on any atom is 0.178 e. The number of aromatic amines is 1. The van der Waals surface area contributed by atoms with Gasteiger partial charge in [-0.3, -0.25) is 10.1 Å². The number of aryl methyl sites for hydroxylation is 1. The first kappa shape index (κ1) is 12.7. The minimum atomic E-state index is 0.715. The number of nitrogens with zero attached hydrogens (tertiary/aromatic N) is 4. The molecule has 0 aliphatic carbocycles. The molecule has 6 heteroatoms. The molecule has 4 rings (SSSR count). The minimum Gasteiger partial charge on any atom is -0.337 e. The summed E-state index contributed by atoms with van der Waals surface area (Å²) in [6.45, 7) is 2.08. The molecule has 108 valence electrons. The van der Waals surface area contributed by atoms with Crippen molar-refractivity contribution >= 4 is 33.3 Å². The Bertz CT molecular complexity index is 959. The third-order valence-corrected chi connectivity index (χ3v) is 3.66. The first-order valence-corrected chi connectivity index (χ1v) is 7.15. The van der Waals surface area contributed by atoms with E-state index < -0.39 is 0 Å². The fraction of sp³-hybridized carbons (Fsp3) is 0.125.